The molecule has 6 nitrogen and oxygen atoms in total. The molecule has 7 heteroatoms. The largest absolute Gasteiger partial charge is 0.481 e. The number of anilines is 1. The molecular weight excluding hydrogens is 364 g/mol. The number of nitrogens with one attached hydrogen (secondary N) is 1. The van der Waals surface area contributed by atoms with E-state index in [4.69, 9.17) is 4.74 Å². The first kappa shape index (κ1) is 19.4. The first-order chi connectivity index (χ1) is 12.9. The first-order valence-corrected chi connectivity index (χ1v) is 10.4. The van der Waals surface area contributed by atoms with Crippen LogP contribution >= 0.6 is 0 Å². The quantitative estimate of drug-likeness (QED) is 0.825. The summed E-state index contributed by atoms with van der Waals surface area (Å²) in [6, 6.07) is 13.7. The smallest absolute Gasteiger partial charge is 0.265 e. The average molecular weight is 388 g/mol. The second-order valence-electron chi connectivity index (χ2n) is 6.70. The molecule has 144 valence electrons. The summed E-state index contributed by atoms with van der Waals surface area (Å²) in [6.07, 6.45) is 1.11. The van der Waals surface area contributed by atoms with E-state index in [1.165, 1.54) is 16.4 Å². The molecule has 2 aromatic rings. The van der Waals surface area contributed by atoms with Crippen LogP contribution in [0.1, 0.15) is 25.3 Å². The molecule has 0 unspecified atom stereocenters. The standard InChI is InChI=1S/C20H24N2O4S/c1-15-6-5-7-18(14-15)26-16(2)20(23)21-17-8-10-19(11-9-17)27(24,25)22-12-3-4-13-22/h5-11,14,16H,3-4,12-13H2,1-2H3,(H,21,23)/t16-/m0/s1. The molecule has 0 saturated carbocycles. The van der Waals surface area contributed by atoms with Crippen LogP contribution in [0.15, 0.2) is 53.4 Å². The van der Waals surface area contributed by atoms with Gasteiger partial charge in [0.25, 0.3) is 5.91 Å². The van der Waals surface area contributed by atoms with Gasteiger partial charge >= 0.3 is 0 Å². The summed E-state index contributed by atoms with van der Waals surface area (Å²) in [4.78, 5) is 12.6. The van der Waals surface area contributed by atoms with Crippen LogP contribution in [0.4, 0.5) is 5.69 Å². The van der Waals surface area contributed by atoms with E-state index in [0.29, 0.717) is 24.5 Å². The Morgan fingerprint density at radius 2 is 1.78 bits per heavy atom. The molecule has 1 fully saturated rings. The topological polar surface area (TPSA) is 75.7 Å². The molecule has 0 bridgehead atoms. The highest BCUT2D eigenvalue weighted by molar-refractivity contribution is 7.89. The van der Waals surface area contributed by atoms with Gasteiger partial charge < -0.3 is 10.1 Å². The highest BCUT2D eigenvalue weighted by atomic mass is 32.2. The number of ether oxygens (including phenoxy) is 1. The third kappa shape index (κ3) is 4.67. The average Bonchev–Trinajstić information content (AvgIpc) is 3.17. The van der Waals surface area contributed by atoms with Crippen LogP contribution in [0.3, 0.4) is 0 Å². The van der Waals surface area contributed by atoms with Crippen LogP contribution in [0.5, 0.6) is 5.75 Å². The van der Waals surface area contributed by atoms with Crippen LogP contribution in [0.25, 0.3) is 0 Å². The Hall–Kier alpha value is -2.38. The van der Waals surface area contributed by atoms with Gasteiger partial charge in [0, 0.05) is 18.8 Å². The van der Waals surface area contributed by atoms with E-state index in [9.17, 15) is 13.2 Å². The van der Waals surface area contributed by atoms with Gasteiger partial charge in [-0.05, 0) is 68.7 Å². The number of hydrogen-bond donors (Lipinski definition) is 1. The normalized spacial score (nSPS) is 16.1. The number of carbonyl (C=O) groups is 1. The lowest BCUT2D eigenvalue weighted by Gasteiger charge is -2.17. The van der Waals surface area contributed by atoms with Crippen molar-refractivity contribution in [3.8, 4) is 5.75 Å². The summed E-state index contributed by atoms with van der Waals surface area (Å²) in [5.41, 5.74) is 1.58. The minimum Gasteiger partial charge on any atom is -0.481 e. The van der Waals surface area contributed by atoms with E-state index < -0.39 is 16.1 Å². The predicted octanol–water partition coefficient (Wildman–Crippen LogP) is 3.19. The van der Waals surface area contributed by atoms with Crippen molar-refractivity contribution in [1.29, 1.82) is 0 Å². The van der Waals surface area contributed by atoms with E-state index in [0.717, 1.165) is 18.4 Å². The van der Waals surface area contributed by atoms with Gasteiger partial charge in [-0.15, -0.1) is 0 Å². The number of hydrogen-bond acceptors (Lipinski definition) is 4. The monoisotopic (exact) mass is 388 g/mol. The predicted molar refractivity (Wildman–Crippen MR) is 104 cm³/mol. The Balaban J connectivity index is 1.62. The molecular formula is C20H24N2O4S. The molecule has 0 spiro atoms. The van der Waals surface area contributed by atoms with E-state index in [-0.39, 0.29) is 10.8 Å². The third-order valence-corrected chi connectivity index (χ3v) is 6.41. The molecule has 0 aromatic heterocycles. The highest BCUT2D eigenvalue weighted by Gasteiger charge is 2.27. The van der Waals surface area contributed by atoms with Crippen molar-refractivity contribution in [3.63, 3.8) is 0 Å². The number of sulfonamides is 1. The lowest BCUT2D eigenvalue weighted by atomic mass is 10.2. The van der Waals surface area contributed by atoms with Crippen molar-refractivity contribution in [2.45, 2.75) is 37.7 Å². The van der Waals surface area contributed by atoms with Crippen LogP contribution < -0.4 is 10.1 Å². The van der Waals surface area contributed by atoms with Gasteiger partial charge in [-0.3, -0.25) is 4.79 Å². The second kappa shape index (κ2) is 8.10. The lowest BCUT2D eigenvalue weighted by molar-refractivity contribution is -0.122. The molecule has 1 atom stereocenters. The van der Waals surface area contributed by atoms with E-state index in [1.54, 1.807) is 25.1 Å². The van der Waals surface area contributed by atoms with Gasteiger partial charge in [0.15, 0.2) is 6.10 Å². The van der Waals surface area contributed by atoms with E-state index in [2.05, 4.69) is 5.32 Å². The number of aryl methyl sites for hydroxylation is 1. The molecule has 27 heavy (non-hydrogen) atoms. The Morgan fingerprint density at radius 1 is 1.11 bits per heavy atom. The van der Waals surface area contributed by atoms with E-state index in [1.807, 2.05) is 25.1 Å². The Labute approximate surface area is 160 Å². The zero-order valence-electron chi connectivity index (χ0n) is 15.5. The summed E-state index contributed by atoms with van der Waals surface area (Å²) in [7, 11) is -3.45. The molecule has 2 aromatic carbocycles. The highest BCUT2D eigenvalue weighted by Crippen LogP contribution is 2.22. The summed E-state index contributed by atoms with van der Waals surface area (Å²) in [5.74, 6) is 0.330. The Kier molecular flexibility index (Phi) is 5.82. The van der Waals surface area contributed by atoms with Gasteiger partial charge in [-0.2, -0.15) is 4.31 Å². The number of rotatable bonds is 6. The van der Waals surface area contributed by atoms with Crippen molar-refractivity contribution >= 4 is 21.6 Å². The first-order valence-electron chi connectivity index (χ1n) is 9.01. The lowest BCUT2D eigenvalue weighted by Crippen LogP contribution is -2.30. The van der Waals surface area contributed by atoms with E-state index >= 15 is 0 Å². The zero-order valence-corrected chi connectivity index (χ0v) is 16.3. The summed E-state index contributed by atoms with van der Waals surface area (Å²) >= 11 is 0. The molecule has 0 aliphatic carbocycles. The van der Waals surface area contributed by atoms with Crippen LogP contribution in [-0.2, 0) is 14.8 Å². The van der Waals surface area contributed by atoms with Gasteiger partial charge in [-0.25, -0.2) is 8.42 Å². The molecule has 1 aliphatic rings. The minimum absolute atomic E-state index is 0.242. The van der Waals surface area contributed by atoms with Crippen molar-refractivity contribution in [1.82, 2.24) is 4.31 Å². The summed E-state index contributed by atoms with van der Waals surface area (Å²) < 4.78 is 32.2. The SMILES string of the molecule is Cc1cccc(O[C@@H](C)C(=O)Nc2ccc(S(=O)(=O)N3CCCC3)cc2)c1. The summed E-state index contributed by atoms with van der Waals surface area (Å²) in [5, 5.41) is 2.75. The molecule has 0 radical (unpaired) electrons. The number of nitrogens with zero attached hydrogens (tertiary/aromatic N) is 1. The molecule has 1 N–H and O–H groups in total. The van der Waals surface area contributed by atoms with Crippen molar-refractivity contribution in [2.24, 2.45) is 0 Å². The van der Waals surface area contributed by atoms with Crippen molar-refractivity contribution in [3.05, 3.63) is 54.1 Å². The maximum atomic E-state index is 12.5. The molecule has 3 rings (SSSR count). The van der Waals surface area contributed by atoms with Crippen molar-refractivity contribution < 1.29 is 17.9 Å². The number of benzene rings is 2. The molecule has 1 saturated heterocycles. The fraction of sp³-hybridized carbons (Fsp3) is 0.350. The molecule has 1 aliphatic heterocycles. The van der Waals surface area contributed by atoms with Gasteiger partial charge in [0.2, 0.25) is 10.0 Å². The third-order valence-electron chi connectivity index (χ3n) is 4.50. The number of carbonyl (C=O) groups excluding carboxylic acids is 1. The fourth-order valence-electron chi connectivity index (χ4n) is 2.98. The maximum absolute atomic E-state index is 12.5. The zero-order chi connectivity index (χ0) is 19.4. The van der Waals surface area contributed by atoms with Gasteiger partial charge in [0.1, 0.15) is 5.75 Å². The molecule has 1 amide bonds. The fourth-order valence-corrected chi connectivity index (χ4v) is 4.50. The minimum atomic E-state index is -3.45. The van der Waals surface area contributed by atoms with Crippen LogP contribution in [0.2, 0.25) is 0 Å². The second-order valence-corrected chi connectivity index (χ2v) is 8.64. The van der Waals surface area contributed by atoms with Gasteiger partial charge in [0.05, 0.1) is 4.90 Å². The Bertz CT molecular complexity index is 904. The molecule has 1 heterocycles. The van der Waals surface area contributed by atoms with Crippen LogP contribution in [-0.4, -0.2) is 37.8 Å². The maximum Gasteiger partial charge on any atom is 0.265 e. The van der Waals surface area contributed by atoms with Crippen molar-refractivity contribution in [2.75, 3.05) is 18.4 Å². The Morgan fingerprint density at radius 3 is 2.41 bits per heavy atom. The number of amides is 1. The summed E-state index contributed by atoms with van der Waals surface area (Å²) in [6.45, 7) is 4.75. The van der Waals surface area contributed by atoms with Gasteiger partial charge in [-0.1, -0.05) is 12.1 Å². The van der Waals surface area contributed by atoms with Crippen LogP contribution in [0, 0.1) is 6.92 Å².